The number of anilines is 1. The summed E-state index contributed by atoms with van der Waals surface area (Å²) in [4.78, 5) is 27.4. The van der Waals surface area contributed by atoms with Crippen LogP contribution in [0.4, 0.5) is 5.69 Å². The maximum atomic E-state index is 13.4. The van der Waals surface area contributed by atoms with Crippen LogP contribution in [0.5, 0.6) is 5.75 Å². The molecule has 0 radical (unpaired) electrons. The highest BCUT2D eigenvalue weighted by molar-refractivity contribution is 7.89. The van der Waals surface area contributed by atoms with Crippen LogP contribution in [0.3, 0.4) is 0 Å². The Morgan fingerprint density at radius 2 is 1.85 bits per heavy atom. The highest BCUT2D eigenvalue weighted by Crippen LogP contribution is 2.32. The Balaban J connectivity index is 1.54. The van der Waals surface area contributed by atoms with E-state index in [0.29, 0.717) is 13.1 Å². The maximum Gasteiger partial charge on any atom is 0.338 e. The van der Waals surface area contributed by atoms with Gasteiger partial charge in [0.15, 0.2) is 6.10 Å². The van der Waals surface area contributed by atoms with Gasteiger partial charge in [-0.25, -0.2) is 13.2 Å². The average Bonchev–Trinajstić information content (AvgIpc) is 3.27. The van der Waals surface area contributed by atoms with Crippen molar-refractivity contribution in [2.24, 2.45) is 0 Å². The predicted octanol–water partition coefficient (Wildman–Crippen LogP) is 3.39. The minimum atomic E-state index is -3.88. The quantitative estimate of drug-likeness (QED) is 0.581. The van der Waals surface area contributed by atoms with E-state index >= 15 is 0 Å². The Hall–Kier alpha value is -2.91. The van der Waals surface area contributed by atoms with Crippen molar-refractivity contribution in [1.82, 2.24) is 4.31 Å². The van der Waals surface area contributed by atoms with Crippen molar-refractivity contribution in [2.45, 2.75) is 56.6 Å². The first-order chi connectivity index (χ1) is 16.2. The summed E-state index contributed by atoms with van der Waals surface area (Å²) in [7, 11) is -2.49. The minimum absolute atomic E-state index is 0.0468. The van der Waals surface area contributed by atoms with Crippen molar-refractivity contribution < 1.29 is 27.5 Å². The van der Waals surface area contributed by atoms with Gasteiger partial charge in [-0.15, -0.1) is 0 Å². The number of para-hydroxylation sites is 1. The highest BCUT2D eigenvalue weighted by Gasteiger charge is 2.34. The number of ether oxygens (including phenoxy) is 2. The first kappa shape index (κ1) is 24.2. The largest absolute Gasteiger partial charge is 0.495 e. The molecule has 2 aliphatic rings. The molecular weight excluding hydrogens is 456 g/mol. The highest BCUT2D eigenvalue weighted by atomic mass is 32.2. The van der Waals surface area contributed by atoms with Gasteiger partial charge < -0.3 is 14.4 Å². The van der Waals surface area contributed by atoms with Gasteiger partial charge in [0.25, 0.3) is 5.91 Å². The van der Waals surface area contributed by atoms with Crippen LogP contribution in [0.25, 0.3) is 0 Å². The summed E-state index contributed by atoms with van der Waals surface area (Å²) >= 11 is 0. The number of nitrogens with zero attached hydrogens (tertiary/aromatic N) is 2. The van der Waals surface area contributed by atoms with Gasteiger partial charge in [-0.2, -0.15) is 4.31 Å². The fourth-order valence-corrected chi connectivity index (χ4v) is 6.51. The van der Waals surface area contributed by atoms with E-state index in [9.17, 15) is 18.0 Å². The molecule has 2 aromatic rings. The van der Waals surface area contributed by atoms with Gasteiger partial charge in [-0.1, -0.05) is 24.6 Å². The summed E-state index contributed by atoms with van der Waals surface area (Å²) < 4.78 is 39.0. The summed E-state index contributed by atoms with van der Waals surface area (Å²) in [6.45, 7) is 4.35. The van der Waals surface area contributed by atoms with Gasteiger partial charge >= 0.3 is 5.97 Å². The minimum Gasteiger partial charge on any atom is -0.495 e. The molecule has 0 aromatic heterocycles. The van der Waals surface area contributed by atoms with Gasteiger partial charge in [-0.05, 0) is 62.9 Å². The van der Waals surface area contributed by atoms with Crippen LogP contribution in [0.2, 0.25) is 0 Å². The van der Waals surface area contributed by atoms with Gasteiger partial charge in [0, 0.05) is 24.8 Å². The molecule has 0 saturated carbocycles. The SMILES string of the molecule is COc1ccc(C(=O)O[C@@H](C)C(=O)N2CCc3ccccc32)cc1S(=O)(=O)N1CCCC[C@H]1C. The molecule has 0 unspecified atom stereocenters. The molecule has 1 amide bonds. The second-order valence-corrected chi connectivity index (χ2v) is 10.6. The lowest BCUT2D eigenvalue weighted by Gasteiger charge is -2.32. The number of carbonyl (C=O) groups excluding carboxylic acids is 2. The number of esters is 1. The van der Waals surface area contributed by atoms with E-state index < -0.39 is 22.1 Å². The summed E-state index contributed by atoms with van der Waals surface area (Å²) in [6.07, 6.45) is 2.26. The van der Waals surface area contributed by atoms with E-state index in [4.69, 9.17) is 9.47 Å². The molecule has 1 fully saturated rings. The number of carbonyl (C=O) groups is 2. The first-order valence-corrected chi connectivity index (χ1v) is 13.0. The second-order valence-electron chi connectivity index (χ2n) is 8.74. The van der Waals surface area contributed by atoms with Gasteiger partial charge in [-0.3, -0.25) is 4.79 Å². The number of amides is 1. The van der Waals surface area contributed by atoms with E-state index in [1.54, 1.807) is 4.90 Å². The van der Waals surface area contributed by atoms with Crippen LogP contribution in [-0.2, 0) is 26.0 Å². The zero-order valence-corrected chi connectivity index (χ0v) is 20.5. The zero-order valence-electron chi connectivity index (χ0n) is 19.7. The van der Waals surface area contributed by atoms with Crippen molar-refractivity contribution in [3.8, 4) is 5.75 Å². The van der Waals surface area contributed by atoms with Gasteiger partial charge in [0.1, 0.15) is 10.6 Å². The Morgan fingerprint density at radius 1 is 1.09 bits per heavy atom. The molecule has 9 heteroatoms. The van der Waals surface area contributed by atoms with Crippen LogP contribution in [0, 0.1) is 0 Å². The molecule has 0 N–H and O–H groups in total. The number of rotatable bonds is 6. The molecule has 2 aromatic carbocycles. The lowest BCUT2D eigenvalue weighted by atomic mass is 10.1. The lowest BCUT2D eigenvalue weighted by Crippen LogP contribution is -2.42. The molecule has 8 nitrogen and oxygen atoms in total. The first-order valence-electron chi connectivity index (χ1n) is 11.5. The molecule has 2 heterocycles. The Kier molecular flexibility index (Phi) is 6.95. The van der Waals surface area contributed by atoms with E-state index in [1.165, 1.54) is 36.5 Å². The second kappa shape index (κ2) is 9.76. The molecule has 34 heavy (non-hydrogen) atoms. The lowest BCUT2D eigenvalue weighted by molar-refractivity contribution is -0.126. The molecule has 2 aliphatic heterocycles. The maximum absolute atomic E-state index is 13.4. The van der Waals surface area contributed by atoms with Crippen molar-refractivity contribution in [1.29, 1.82) is 0 Å². The third-order valence-electron chi connectivity index (χ3n) is 6.51. The molecule has 2 atom stereocenters. The van der Waals surface area contributed by atoms with Crippen molar-refractivity contribution in [3.05, 3.63) is 53.6 Å². The fraction of sp³-hybridized carbons (Fsp3) is 0.440. The number of methoxy groups -OCH3 is 1. The summed E-state index contributed by atoms with van der Waals surface area (Å²) in [5, 5.41) is 0. The predicted molar refractivity (Wildman–Crippen MR) is 128 cm³/mol. The van der Waals surface area contributed by atoms with Crippen molar-refractivity contribution >= 4 is 27.6 Å². The molecule has 4 rings (SSSR count). The molecule has 0 bridgehead atoms. The smallest absolute Gasteiger partial charge is 0.338 e. The molecule has 182 valence electrons. The summed E-state index contributed by atoms with van der Waals surface area (Å²) in [6, 6.07) is 11.7. The average molecular weight is 487 g/mol. The number of benzene rings is 2. The van der Waals surface area contributed by atoms with E-state index in [-0.39, 0.29) is 28.2 Å². The number of piperidine rings is 1. The van der Waals surface area contributed by atoms with Gasteiger partial charge in [0.05, 0.1) is 12.7 Å². The van der Waals surface area contributed by atoms with Gasteiger partial charge in [0.2, 0.25) is 10.0 Å². The molecular formula is C25H30N2O6S. The van der Waals surface area contributed by atoms with E-state index in [2.05, 4.69) is 0 Å². The molecule has 0 spiro atoms. The summed E-state index contributed by atoms with van der Waals surface area (Å²) in [5.41, 5.74) is 1.95. The number of hydrogen-bond acceptors (Lipinski definition) is 6. The van der Waals surface area contributed by atoms with Crippen LogP contribution < -0.4 is 9.64 Å². The van der Waals surface area contributed by atoms with Crippen LogP contribution in [0.15, 0.2) is 47.4 Å². The topological polar surface area (TPSA) is 93.2 Å². The zero-order chi connectivity index (χ0) is 24.5. The molecule has 1 saturated heterocycles. The normalized spacial score (nSPS) is 19.4. The number of hydrogen-bond donors (Lipinski definition) is 0. The van der Waals surface area contributed by atoms with E-state index in [1.807, 2.05) is 31.2 Å². The Bertz CT molecular complexity index is 1200. The van der Waals surface area contributed by atoms with Crippen LogP contribution >= 0.6 is 0 Å². The third kappa shape index (κ3) is 4.54. The Morgan fingerprint density at radius 3 is 2.59 bits per heavy atom. The van der Waals surface area contributed by atoms with E-state index in [0.717, 1.165) is 36.9 Å². The van der Waals surface area contributed by atoms with Crippen molar-refractivity contribution in [3.63, 3.8) is 0 Å². The van der Waals surface area contributed by atoms with Crippen LogP contribution in [-0.4, -0.2) is 56.9 Å². The van der Waals surface area contributed by atoms with Crippen molar-refractivity contribution in [2.75, 3.05) is 25.1 Å². The molecule has 0 aliphatic carbocycles. The number of fused-ring (bicyclic) bond motifs is 1. The van der Waals surface area contributed by atoms with Crippen LogP contribution in [0.1, 0.15) is 49.0 Å². The monoisotopic (exact) mass is 486 g/mol. The standard InChI is InChI=1S/C25H30N2O6S/c1-17-8-6-7-14-27(17)34(30,31)23-16-20(11-12-22(23)32-3)25(29)33-18(2)24(28)26-15-13-19-9-4-5-10-21(19)26/h4-5,9-12,16-18H,6-8,13-15H2,1-3H3/t17-,18+/m1/s1. The number of sulfonamides is 1. The fourth-order valence-electron chi connectivity index (χ4n) is 4.63. The summed E-state index contributed by atoms with van der Waals surface area (Å²) in [5.74, 6) is -0.923. The Labute approximate surface area is 200 Å². The third-order valence-corrected chi connectivity index (χ3v) is 8.55.